The standard InChI is InChI=1S/C18H20F3N9O/c1-10-9-11(2)23-17(22-10)27-25-15(31)12-5-7-29(8-6-12)14-4-3-13-24-26-16(18(19,20)21)30(13)28-14/h3-4,9,12H,5-8H2,1-2H3,(H,25,31)(H,22,23,27). The topological polar surface area (TPSA) is 113 Å². The first kappa shape index (κ1) is 20.8. The van der Waals surface area contributed by atoms with Crippen LogP contribution < -0.4 is 15.8 Å². The van der Waals surface area contributed by atoms with Gasteiger partial charge in [-0.1, -0.05) is 0 Å². The summed E-state index contributed by atoms with van der Waals surface area (Å²) in [7, 11) is 0. The molecule has 4 heterocycles. The van der Waals surface area contributed by atoms with Gasteiger partial charge in [-0.05, 0) is 44.9 Å². The molecule has 4 rings (SSSR count). The molecule has 3 aromatic rings. The van der Waals surface area contributed by atoms with Crippen molar-refractivity contribution in [2.75, 3.05) is 23.4 Å². The maximum absolute atomic E-state index is 13.1. The minimum absolute atomic E-state index is 0.0185. The Morgan fingerprint density at radius 3 is 2.42 bits per heavy atom. The summed E-state index contributed by atoms with van der Waals surface area (Å²) < 4.78 is 39.9. The molecule has 0 saturated carbocycles. The van der Waals surface area contributed by atoms with Crippen LogP contribution in [-0.2, 0) is 11.0 Å². The second-order valence-electron chi connectivity index (χ2n) is 7.33. The van der Waals surface area contributed by atoms with Gasteiger partial charge in [0.05, 0.1) is 0 Å². The van der Waals surface area contributed by atoms with E-state index in [4.69, 9.17) is 0 Å². The quantitative estimate of drug-likeness (QED) is 0.598. The van der Waals surface area contributed by atoms with Gasteiger partial charge in [0.25, 0.3) is 5.82 Å². The van der Waals surface area contributed by atoms with Gasteiger partial charge in [0.1, 0.15) is 5.82 Å². The molecule has 13 heteroatoms. The minimum atomic E-state index is -4.65. The highest BCUT2D eigenvalue weighted by Crippen LogP contribution is 2.28. The van der Waals surface area contributed by atoms with Crippen LogP contribution in [0.2, 0.25) is 0 Å². The van der Waals surface area contributed by atoms with E-state index in [1.807, 2.05) is 24.8 Å². The normalized spacial score (nSPS) is 15.3. The molecule has 1 amide bonds. The third-order valence-corrected chi connectivity index (χ3v) is 4.97. The largest absolute Gasteiger partial charge is 0.453 e. The van der Waals surface area contributed by atoms with E-state index in [0.717, 1.165) is 11.4 Å². The maximum Gasteiger partial charge on any atom is 0.453 e. The molecule has 1 aliphatic rings. The van der Waals surface area contributed by atoms with Gasteiger partial charge >= 0.3 is 6.18 Å². The fourth-order valence-electron chi connectivity index (χ4n) is 3.50. The molecule has 0 atom stereocenters. The first-order valence-electron chi connectivity index (χ1n) is 9.63. The van der Waals surface area contributed by atoms with Crippen LogP contribution in [0.15, 0.2) is 18.2 Å². The van der Waals surface area contributed by atoms with E-state index < -0.39 is 12.0 Å². The molecule has 0 aromatic carbocycles. The molecule has 0 bridgehead atoms. The number of carbonyl (C=O) groups is 1. The second-order valence-corrected chi connectivity index (χ2v) is 7.33. The maximum atomic E-state index is 13.1. The van der Waals surface area contributed by atoms with Crippen molar-refractivity contribution in [1.29, 1.82) is 0 Å². The number of rotatable bonds is 4. The molecule has 0 aliphatic carbocycles. The zero-order valence-corrected chi connectivity index (χ0v) is 16.8. The Bertz CT molecular complexity index is 1090. The van der Waals surface area contributed by atoms with E-state index in [-0.39, 0.29) is 17.5 Å². The molecule has 3 aromatic heterocycles. The van der Waals surface area contributed by atoms with E-state index in [1.165, 1.54) is 6.07 Å². The van der Waals surface area contributed by atoms with Gasteiger partial charge in [0.2, 0.25) is 11.9 Å². The van der Waals surface area contributed by atoms with Crippen molar-refractivity contribution in [2.24, 2.45) is 5.92 Å². The molecule has 1 fully saturated rings. The van der Waals surface area contributed by atoms with Crippen molar-refractivity contribution in [3.63, 3.8) is 0 Å². The summed E-state index contributed by atoms with van der Waals surface area (Å²) in [6, 6.07) is 4.87. The highest BCUT2D eigenvalue weighted by Gasteiger charge is 2.38. The van der Waals surface area contributed by atoms with Crippen molar-refractivity contribution in [2.45, 2.75) is 32.9 Å². The molecule has 1 saturated heterocycles. The molecular weight excluding hydrogens is 415 g/mol. The summed E-state index contributed by atoms with van der Waals surface area (Å²) in [6.07, 6.45) is -3.60. The van der Waals surface area contributed by atoms with E-state index in [2.05, 4.69) is 36.1 Å². The number of amides is 1. The predicted octanol–water partition coefficient (Wildman–Crippen LogP) is 1.91. The Balaban J connectivity index is 1.37. The Hall–Kier alpha value is -3.51. The molecule has 0 unspecified atom stereocenters. The molecule has 31 heavy (non-hydrogen) atoms. The summed E-state index contributed by atoms with van der Waals surface area (Å²) in [5, 5.41) is 10.7. The molecule has 2 N–H and O–H groups in total. The number of alkyl halides is 3. The van der Waals surface area contributed by atoms with Crippen LogP contribution in [0, 0.1) is 19.8 Å². The Morgan fingerprint density at radius 2 is 1.77 bits per heavy atom. The molecular formula is C18H20F3N9O. The summed E-state index contributed by atoms with van der Waals surface area (Å²) in [5.74, 6) is -0.921. The van der Waals surface area contributed by atoms with Crippen LogP contribution in [0.1, 0.15) is 30.1 Å². The van der Waals surface area contributed by atoms with Crippen LogP contribution in [-0.4, -0.2) is 48.8 Å². The van der Waals surface area contributed by atoms with Gasteiger partial charge in [0.15, 0.2) is 5.65 Å². The van der Waals surface area contributed by atoms with E-state index in [0.29, 0.717) is 42.2 Å². The van der Waals surface area contributed by atoms with E-state index >= 15 is 0 Å². The lowest BCUT2D eigenvalue weighted by Crippen LogP contribution is -2.42. The van der Waals surface area contributed by atoms with Gasteiger partial charge < -0.3 is 4.90 Å². The lowest BCUT2D eigenvalue weighted by molar-refractivity contribution is -0.146. The van der Waals surface area contributed by atoms with Crippen molar-refractivity contribution in [1.82, 2.24) is 35.2 Å². The molecule has 0 radical (unpaired) electrons. The van der Waals surface area contributed by atoms with Crippen molar-refractivity contribution >= 4 is 23.3 Å². The Labute approximate surface area is 174 Å². The highest BCUT2D eigenvalue weighted by molar-refractivity contribution is 5.79. The predicted molar refractivity (Wildman–Crippen MR) is 104 cm³/mol. The molecule has 164 valence electrons. The number of nitrogens with one attached hydrogen (secondary N) is 2. The molecule has 1 aliphatic heterocycles. The fraction of sp³-hybridized carbons (Fsp3) is 0.444. The number of aryl methyl sites for hydroxylation is 2. The number of piperidine rings is 1. The van der Waals surface area contributed by atoms with E-state index in [1.54, 1.807) is 6.07 Å². The summed E-state index contributed by atoms with van der Waals surface area (Å²) in [4.78, 5) is 22.7. The number of fused-ring (bicyclic) bond motifs is 1. The third kappa shape index (κ3) is 4.49. The summed E-state index contributed by atoms with van der Waals surface area (Å²) in [6.45, 7) is 4.61. The Morgan fingerprint density at radius 1 is 1.10 bits per heavy atom. The first-order valence-corrected chi connectivity index (χ1v) is 9.63. The van der Waals surface area contributed by atoms with Crippen LogP contribution in [0.25, 0.3) is 5.65 Å². The summed E-state index contributed by atoms with van der Waals surface area (Å²) >= 11 is 0. The van der Waals surface area contributed by atoms with Crippen molar-refractivity contribution in [3.05, 3.63) is 35.4 Å². The van der Waals surface area contributed by atoms with Gasteiger partial charge in [-0.2, -0.15) is 17.7 Å². The van der Waals surface area contributed by atoms with E-state index in [9.17, 15) is 18.0 Å². The monoisotopic (exact) mass is 435 g/mol. The fourth-order valence-corrected chi connectivity index (χ4v) is 3.50. The van der Waals surface area contributed by atoms with Gasteiger partial charge in [0, 0.05) is 30.4 Å². The second kappa shape index (κ2) is 7.96. The van der Waals surface area contributed by atoms with Crippen LogP contribution in [0.3, 0.4) is 0 Å². The average molecular weight is 435 g/mol. The van der Waals surface area contributed by atoms with Crippen LogP contribution in [0.4, 0.5) is 24.9 Å². The Kier molecular flexibility index (Phi) is 5.33. The zero-order chi connectivity index (χ0) is 22.2. The third-order valence-electron chi connectivity index (χ3n) is 4.97. The van der Waals surface area contributed by atoms with Crippen molar-refractivity contribution in [3.8, 4) is 0 Å². The van der Waals surface area contributed by atoms with Crippen molar-refractivity contribution < 1.29 is 18.0 Å². The van der Waals surface area contributed by atoms with Gasteiger partial charge in [-0.25, -0.2) is 9.97 Å². The molecule has 0 spiro atoms. The van der Waals surface area contributed by atoms with Gasteiger partial charge in [-0.15, -0.1) is 15.3 Å². The number of carbonyl (C=O) groups excluding carboxylic acids is 1. The number of hydrazine groups is 1. The lowest BCUT2D eigenvalue weighted by atomic mass is 9.96. The smallest absolute Gasteiger partial charge is 0.355 e. The van der Waals surface area contributed by atoms with Crippen LogP contribution >= 0.6 is 0 Å². The van der Waals surface area contributed by atoms with Crippen LogP contribution in [0.5, 0.6) is 0 Å². The average Bonchev–Trinajstić information content (AvgIpc) is 3.15. The SMILES string of the molecule is Cc1cc(C)nc(NNC(=O)C2CCN(c3ccc4nnc(C(F)(F)F)n4n3)CC2)n1. The minimum Gasteiger partial charge on any atom is -0.355 e. The van der Waals surface area contributed by atoms with Gasteiger partial charge in [-0.3, -0.25) is 15.6 Å². The zero-order valence-electron chi connectivity index (χ0n) is 16.8. The first-order chi connectivity index (χ1) is 14.7. The highest BCUT2D eigenvalue weighted by atomic mass is 19.4. The number of hydrogen-bond acceptors (Lipinski definition) is 8. The molecule has 10 nitrogen and oxygen atoms in total. The number of halogens is 3. The summed E-state index contributed by atoms with van der Waals surface area (Å²) in [5.41, 5.74) is 6.94. The number of aromatic nitrogens is 6. The lowest BCUT2D eigenvalue weighted by Gasteiger charge is -2.32. The number of hydrogen-bond donors (Lipinski definition) is 2. The number of nitrogens with zero attached hydrogens (tertiary/aromatic N) is 7. The number of anilines is 2.